The van der Waals surface area contributed by atoms with Crippen LogP contribution in [-0.2, 0) is 6.54 Å². The molecular formula is C8H7N3O2S. The highest BCUT2D eigenvalue weighted by atomic mass is 32.2. The second-order valence-corrected chi connectivity index (χ2v) is 3.87. The van der Waals surface area contributed by atoms with Gasteiger partial charge in [-0.15, -0.1) is 0 Å². The summed E-state index contributed by atoms with van der Waals surface area (Å²) in [5.41, 5.74) is 6.48. The van der Waals surface area contributed by atoms with E-state index >= 15 is 0 Å². The number of thioether (sulfide) groups is 1. The van der Waals surface area contributed by atoms with Crippen LogP contribution in [0.2, 0.25) is 0 Å². The molecule has 72 valence electrons. The zero-order valence-electron chi connectivity index (χ0n) is 7.14. The fourth-order valence-corrected chi connectivity index (χ4v) is 1.96. The molecule has 0 radical (unpaired) electrons. The molecule has 14 heavy (non-hydrogen) atoms. The summed E-state index contributed by atoms with van der Waals surface area (Å²) in [7, 11) is 0. The number of aliphatic imine (C=N–C) groups is 1. The normalized spacial score (nSPS) is 14.4. The fourth-order valence-electron chi connectivity index (χ4n) is 1.21. The lowest BCUT2D eigenvalue weighted by Crippen LogP contribution is -2.11. The lowest BCUT2D eigenvalue weighted by molar-refractivity contribution is -0.385. The minimum absolute atomic E-state index is 0.0972. The van der Waals surface area contributed by atoms with E-state index in [-0.39, 0.29) is 5.69 Å². The molecule has 2 rings (SSSR count). The van der Waals surface area contributed by atoms with E-state index in [1.165, 1.54) is 23.9 Å². The van der Waals surface area contributed by atoms with E-state index in [4.69, 9.17) is 5.73 Å². The number of nitro groups is 1. The zero-order valence-corrected chi connectivity index (χ0v) is 7.95. The number of rotatable bonds is 1. The molecule has 1 heterocycles. The van der Waals surface area contributed by atoms with Crippen molar-refractivity contribution in [2.45, 2.75) is 11.4 Å². The van der Waals surface area contributed by atoms with Gasteiger partial charge in [-0.05, 0) is 11.6 Å². The first kappa shape index (κ1) is 9.01. The number of hydrogen-bond acceptors (Lipinski definition) is 5. The molecular weight excluding hydrogens is 202 g/mol. The first-order chi connectivity index (χ1) is 6.66. The highest BCUT2D eigenvalue weighted by Gasteiger charge is 2.14. The van der Waals surface area contributed by atoms with Crippen molar-refractivity contribution >= 4 is 22.6 Å². The molecule has 1 aliphatic rings. The van der Waals surface area contributed by atoms with Gasteiger partial charge < -0.3 is 5.73 Å². The second kappa shape index (κ2) is 3.30. The third kappa shape index (κ3) is 1.56. The summed E-state index contributed by atoms with van der Waals surface area (Å²) in [6.07, 6.45) is 0. The maximum Gasteiger partial charge on any atom is 0.269 e. The Balaban J connectivity index is 2.40. The summed E-state index contributed by atoms with van der Waals surface area (Å²) in [6, 6.07) is 4.72. The molecule has 0 aromatic heterocycles. The van der Waals surface area contributed by atoms with Crippen molar-refractivity contribution in [2.24, 2.45) is 10.7 Å². The summed E-state index contributed by atoms with van der Waals surface area (Å²) in [6.45, 7) is 0.426. The minimum atomic E-state index is -0.410. The maximum absolute atomic E-state index is 10.5. The van der Waals surface area contributed by atoms with E-state index in [1.54, 1.807) is 6.07 Å². The third-order valence-electron chi connectivity index (χ3n) is 1.87. The summed E-state index contributed by atoms with van der Waals surface area (Å²) in [4.78, 5) is 15.0. The number of fused-ring (bicyclic) bond motifs is 1. The van der Waals surface area contributed by atoms with Gasteiger partial charge in [0.25, 0.3) is 5.69 Å². The van der Waals surface area contributed by atoms with E-state index in [0.29, 0.717) is 11.7 Å². The Morgan fingerprint density at radius 3 is 3.07 bits per heavy atom. The van der Waals surface area contributed by atoms with Gasteiger partial charge in [0.2, 0.25) is 0 Å². The fraction of sp³-hybridized carbons (Fsp3) is 0.125. The zero-order chi connectivity index (χ0) is 10.1. The minimum Gasteiger partial charge on any atom is -0.378 e. The topological polar surface area (TPSA) is 81.5 Å². The van der Waals surface area contributed by atoms with Gasteiger partial charge in [-0.2, -0.15) is 0 Å². The second-order valence-electron chi connectivity index (χ2n) is 2.81. The van der Waals surface area contributed by atoms with Gasteiger partial charge in [0.15, 0.2) is 5.17 Å². The Kier molecular flexibility index (Phi) is 2.12. The first-order valence-electron chi connectivity index (χ1n) is 3.92. The average Bonchev–Trinajstić information content (AvgIpc) is 2.16. The number of benzene rings is 1. The Bertz CT molecular complexity index is 431. The lowest BCUT2D eigenvalue weighted by atomic mass is 10.2. The molecule has 1 aliphatic heterocycles. The Labute approximate surface area is 84.2 Å². The van der Waals surface area contributed by atoms with Crippen molar-refractivity contribution in [1.29, 1.82) is 0 Å². The summed E-state index contributed by atoms with van der Waals surface area (Å²) in [5.74, 6) is 0. The van der Waals surface area contributed by atoms with Crippen molar-refractivity contribution in [3.8, 4) is 0 Å². The lowest BCUT2D eigenvalue weighted by Gasteiger charge is -2.11. The molecule has 2 N–H and O–H groups in total. The van der Waals surface area contributed by atoms with Crippen LogP contribution in [0.25, 0.3) is 0 Å². The number of hydrogen-bond donors (Lipinski definition) is 1. The number of nitrogens with zero attached hydrogens (tertiary/aromatic N) is 2. The Hall–Kier alpha value is -1.56. The smallest absolute Gasteiger partial charge is 0.269 e. The predicted octanol–water partition coefficient (Wildman–Crippen LogP) is 1.52. The van der Waals surface area contributed by atoms with Crippen LogP contribution in [0.3, 0.4) is 0 Å². The highest BCUT2D eigenvalue weighted by Crippen LogP contribution is 2.30. The molecule has 0 atom stereocenters. The van der Waals surface area contributed by atoms with E-state index in [0.717, 1.165) is 10.5 Å². The molecule has 0 aliphatic carbocycles. The van der Waals surface area contributed by atoms with E-state index in [1.807, 2.05) is 0 Å². The first-order valence-corrected chi connectivity index (χ1v) is 4.73. The van der Waals surface area contributed by atoms with Crippen LogP contribution < -0.4 is 5.73 Å². The molecule has 6 heteroatoms. The molecule has 1 aromatic carbocycles. The van der Waals surface area contributed by atoms with Crippen molar-refractivity contribution < 1.29 is 4.92 Å². The SMILES string of the molecule is NC1=NCc2cc([N+](=O)[O-])ccc2S1. The summed E-state index contributed by atoms with van der Waals surface area (Å²) < 4.78 is 0. The standard InChI is InChI=1S/C8H7N3O2S/c9-8-10-4-5-3-6(11(12)13)1-2-7(5)14-8/h1-3H,4H2,(H2,9,10). The average molecular weight is 209 g/mol. The number of non-ortho nitro benzene ring substituents is 1. The van der Waals surface area contributed by atoms with Gasteiger partial charge in [0.1, 0.15) is 0 Å². The largest absolute Gasteiger partial charge is 0.378 e. The van der Waals surface area contributed by atoms with E-state index < -0.39 is 4.92 Å². The van der Waals surface area contributed by atoms with Crippen LogP contribution in [0.1, 0.15) is 5.56 Å². The molecule has 0 saturated carbocycles. The predicted molar refractivity (Wildman–Crippen MR) is 54.3 cm³/mol. The summed E-state index contributed by atoms with van der Waals surface area (Å²) >= 11 is 1.34. The van der Waals surface area contributed by atoms with Gasteiger partial charge in [-0.1, -0.05) is 11.8 Å². The van der Waals surface area contributed by atoms with Crippen LogP contribution in [0, 0.1) is 10.1 Å². The van der Waals surface area contributed by atoms with Crippen molar-refractivity contribution in [2.75, 3.05) is 0 Å². The van der Waals surface area contributed by atoms with Crippen molar-refractivity contribution in [3.05, 3.63) is 33.9 Å². The van der Waals surface area contributed by atoms with Crippen LogP contribution in [0.5, 0.6) is 0 Å². The number of nitro benzene ring substituents is 1. The maximum atomic E-state index is 10.5. The Morgan fingerprint density at radius 1 is 1.57 bits per heavy atom. The van der Waals surface area contributed by atoms with Crippen LogP contribution >= 0.6 is 11.8 Å². The molecule has 0 spiro atoms. The molecule has 0 saturated heterocycles. The molecule has 0 fully saturated rings. The van der Waals surface area contributed by atoms with Crippen molar-refractivity contribution in [1.82, 2.24) is 0 Å². The Morgan fingerprint density at radius 2 is 2.36 bits per heavy atom. The number of nitrogens with two attached hydrogens (primary N) is 1. The monoisotopic (exact) mass is 209 g/mol. The van der Waals surface area contributed by atoms with Crippen molar-refractivity contribution in [3.63, 3.8) is 0 Å². The third-order valence-corrected chi connectivity index (χ3v) is 2.83. The van der Waals surface area contributed by atoms with Gasteiger partial charge in [-0.25, -0.2) is 0 Å². The van der Waals surface area contributed by atoms with Gasteiger partial charge in [0.05, 0.1) is 11.5 Å². The number of amidine groups is 1. The molecule has 0 unspecified atom stereocenters. The van der Waals surface area contributed by atoms with E-state index in [9.17, 15) is 10.1 Å². The van der Waals surface area contributed by atoms with Gasteiger partial charge >= 0.3 is 0 Å². The van der Waals surface area contributed by atoms with Crippen LogP contribution in [-0.4, -0.2) is 10.1 Å². The molecule has 1 aromatic rings. The quantitative estimate of drug-likeness (QED) is 0.561. The molecule has 0 bridgehead atoms. The molecule has 5 nitrogen and oxygen atoms in total. The summed E-state index contributed by atoms with van der Waals surface area (Å²) in [5, 5.41) is 11.0. The van der Waals surface area contributed by atoms with Crippen LogP contribution in [0.15, 0.2) is 28.1 Å². The van der Waals surface area contributed by atoms with Gasteiger partial charge in [0, 0.05) is 17.0 Å². The van der Waals surface area contributed by atoms with E-state index in [2.05, 4.69) is 4.99 Å². The van der Waals surface area contributed by atoms with Crippen LogP contribution in [0.4, 0.5) is 5.69 Å². The molecule has 0 amide bonds. The van der Waals surface area contributed by atoms with Gasteiger partial charge in [-0.3, -0.25) is 15.1 Å². The highest BCUT2D eigenvalue weighted by molar-refractivity contribution is 8.13.